The summed E-state index contributed by atoms with van der Waals surface area (Å²) >= 11 is 0. The van der Waals surface area contributed by atoms with E-state index in [1.54, 1.807) is 4.31 Å². The van der Waals surface area contributed by atoms with Gasteiger partial charge in [-0.2, -0.15) is 12.7 Å². The van der Waals surface area contributed by atoms with Gasteiger partial charge in [0.05, 0.1) is 0 Å². The lowest BCUT2D eigenvalue weighted by atomic mass is 9.71. The summed E-state index contributed by atoms with van der Waals surface area (Å²) in [7, 11) is -3.29. The quantitative estimate of drug-likeness (QED) is 0.748. The highest BCUT2D eigenvalue weighted by atomic mass is 32.2. The molecule has 3 fully saturated rings. The molecule has 0 radical (unpaired) electrons. The van der Waals surface area contributed by atoms with Crippen LogP contribution in [-0.2, 0) is 10.2 Å². The lowest BCUT2D eigenvalue weighted by Crippen LogP contribution is -2.50. The molecule has 1 aliphatic heterocycles. The number of nitrogens with one attached hydrogen (secondary N) is 2. The predicted molar refractivity (Wildman–Crippen MR) is 84.2 cm³/mol. The zero-order valence-corrected chi connectivity index (χ0v) is 13.9. The van der Waals surface area contributed by atoms with E-state index in [-0.39, 0.29) is 5.41 Å². The molecule has 2 saturated carbocycles. The SMILES string of the molecule is CC1(CNS(=O)(=O)N2CCCC(CNC3CC3)C2)CCC1. The molecule has 0 amide bonds. The third-order valence-corrected chi connectivity index (χ3v) is 6.86. The molecule has 21 heavy (non-hydrogen) atoms. The van der Waals surface area contributed by atoms with Crippen molar-refractivity contribution < 1.29 is 8.42 Å². The molecule has 2 N–H and O–H groups in total. The van der Waals surface area contributed by atoms with E-state index in [1.807, 2.05) is 0 Å². The molecule has 3 aliphatic rings. The lowest BCUT2D eigenvalue weighted by molar-refractivity contribution is 0.164. The first-order chi connectivity index (χ1) is 9.97. The maximum Gasteiger partial charge on any atom is 0.279 e. The van der Waals surface area contributed by atoms with Crippen LogP contribution < -0.4 is 10.0 Å². The summed E-state index contributed by atoms with van der Waals surface area (Å²) in [6.07, 6.45) is 8.21. The van der Waals surface area contributed by atoms with Crippen molar-refractivity contribution in [3.63, 3.8) is 0 Å². The van der Waals surface area contributed by atoms with Gasteiger partial charge in [0.15, 0.2) is 0 Å². The zero-order chi connectivity index (χ0) is 14.9. The molecule has 1 atom stereocenters. The second kappa shape index (κ2) is 6.14. The highest BCUT2D eigenvalue weighted by Crippen LogP contribution is 2.39. The van der Waals surface area contributed by atoms with E-state index in [1.165, 1.54) is 19.3 Å². The predicted octanol–water partition coefficient (Wildman–Crippen LogP) is 1.47. The van der Waals surface area contributed by atoms with Gasteiger partial charge in [-0.1, -0.05) is 13.3 Å². The summed E-state index contributed by atoms with van der Waals surface area (Å²) in [4.78, 5) is 0. The molecule has 0 bridgehead atoms. The molecule has 1 unspecified atom stereocenters. The number of rotatable bonds is 7. The van der Waals surface area contributed by atoms with Crippen molar-refractivity contribution in [1.82, 2.24) is 14.3 Å². The first kappa shape index (κ1) is 15.7. The largest absolute Gasteiger partial charge is 0.314 e. The molecular weight excluding hydrogens is 286 g/mol. The molecule has 0 aromatic rings. The Morgan fingerprint density at radius 2 is 1.95 bits per heavy atom. The van der Waals surface area contributed by atoms with Gasteiger partial charge < -0.3 is 5.32 Å². The molecule has 5 nitrogen and oxygen atoms in total. The van der Waals surface area contributed by atoms with Crippen LogP contribution in [0.15, 0.2) is 0 Å². The van der Waals surface area contributed by atoms with Gasteiger partial charge in [-0.15, -0.1) is 0 Å². The smallest absolute Gasteiger partial charge is 0.279 e. The van der Waals surface area contributed by atoms with Gasteiger partial charge in [-0.3, -0.25) is 0 Å². The first-order valence-electron chi connectivity index (χ1n) is 8.45. The van der Waals surface area contributed by atoms with E-state index in [9.17, 15) is 8.42 Å². The number of hydrogen-bond donors (Lipinski definition) is 2. The van der Waals surface area contributed by atoms with E-state index in [2.05, 4.69) is 17.0 Å². The third kappa shape index (κ3) is 4.18. The minimum absolute atomic E-state index is 0.190. The maximum atomic E-state index is 12.5. The lowest BCUT2D eigenvalue weighted by Gasteiger charge is -2.39. The van der Waals surface area contributed by atoms with Crippen LogP contribution in [0.2, 0.25) is 0 Å². The van der Waals surface area contributed by atoms with Crippen molar-refractivity contribution in [1.29, 1.82) is 0 Å². The fraction of sp³-hybridized carbons (Fsp3) is 1.00. The third-order valence-electron chi connectivity index (χ3n) is 5.34. The second-order valence-corrected chi connectivity index (χ2v) is 9.29. The summed E-state index contributed by atoms with van der Waals surface area (Å²) in [5, 5.41) is 3.53. The monoisotopic (exact) mass is 315 g/mol. The minimum atomic E-state index is -3.29. The van der Waals surface area contributed by atoms with Crippen molar-refractivity contribution in [2.45, 2.75) is 57.9 Å². The van der Waals surface area contributed by atoms with Gasteiger partial charge in [-0.05, 0) is 56.4 Å². The van der Waals surface area contributed by atoms with Crippen molar-refractivity contribution in [2.24, 2.45) is 11.3 Å². The minimum Gasteiger partial charge on any atom is -0.314 e. The summed E-state index contributed by atoms with van der Waals surface area (Å²) < 4.78 is 29.4. The second-order valence-electron chi connectivity index (χ2n) is 7.54. The van der Waals surface area contributed by atoms with Crippen LogP contribution in [0.3, 0.4) is 0 Å². The molecule has 1 saturated heterocycles. The Bertz CT molecular complexity index is 458. The average Bonchev–Trinajstić information content (AvgIpc) is 3.25. The highest BCUT2D eigenvalue weighted by molar-refractivity contribution is 7.87. The molecular formula is C15H29N3O2S. The summed E-state index contributed by atoms with van der Waals surface area (Å²) in [5.74, 6) is 0.468. The van der Waals surface area contributed by atoms with Crippen LogP contribution in [0.4, 0.5) is 0 Å². The summed E-state index contributed by atoms with van der Waals surface area (Å²) in [5.41, 5.74) is 0.190. The van der Waals surface area contributed by atoms with Crippen LogP contribution >= 0.6 is 0 Å². The number of nitrogens with zero attached hydrogens (tertiary/aromatic N) is 1. The molecule has 6 heteroatoms. The Morgan fingerprint density at radius 3 is 2.57 bits per heavy atom. The number of hydrogen-bond acceptors (Lipinski definition) is 3. The number of piperidine rings is 1. The molecule has 0 aromatic carbocycles. The van der Waals surface area contributed by atoms with Crippen LogP contribution in [0.5, 0.6) is 0 Å². The Balaban J connectivity index is 1.48. The average molecular weight is 315 g/mol. The first-order valence-corrected chi connectivity index (χ1v) is 9.89. The Labute approximate surface area is 129 Å². The van der Waals surface area contributed by atoms with E-state index >= 15 is 0 Å². The van der Waals surface area contributed by atoms with Gasteiger partial charge in [0, 0.05) is 25.7 Å². The Morgan fingerprint density at radius 1 is 1.19 bits per heavy atom. The van der Waals surface area contributed by atoms with Crippen LogP contribution in [0, 0.1) is 11.3 Å². The van der Waals surface area contributed by atoms with Crippen molar-refractivity contribution in [3.8, 4) is 0 Å². The van der Waals surface area contributed by atoms with Crippen molar-refractivity contribution >= 4 is 10.2 Å². The van der Waals surface area contributed by atoms with Crippen LogP contribution in [0.1, 0.15) is 51.9 Å². The van der Waals surface area contributed by atoms with Gasteiger partial charge in [0.2, 0.25) is 0 Å². The van der Waals surface area contributed by atoms with Crippen LogP contribution in [0.25, 0.3) is 0 Å². The summed E-state index contributed by atoms with van der Waals surface area (Å²) in [6.45, 7) is 5.08. The summed E-state index contributed by atoms with van der Waals surface area (Å²) in [6, 6.07) is 0.702. The van der Waals surface area contributed by atoms with E-state index in [0.717, 1.165) is 32.2 Å². The normalized spacial score (nSPS) is 30.0. The van der Waals surface area contributed by atoms with Crippen molar-refractivity contribution in [3.05, 3.63) is 0 Å². The van der Waals surface area contributed by atoms with E-state index in [4.69, 9.17) is 0 Å². The standard InChI is InChI=1S/C15H29N3O2S/c1-15(7-3-8-15)12-17-21(19,20)18-9-2-4-13(11-18)10-16-14-5-6-14/h13-14,16-17H,2-12H2,1H3. The fourth-order valence-corrected chi connectivity index (χ4v) is 4.84. The van der Waals surface area contributed by atoms with E-state index in [0.29, 0.717) is 31.6 Å². The van der Waals surface area contributed by atoms with E-state index < -0.39 is 10.2 Å². The maximum absolute atomic E-state index is 12.5. The molecule has 3 rings (SSSR count). The molecule has 122 valence electrons. The topological polar surface area (TPSA) is 61.4 Å². The highest BCUT2D eigenvalue weighted by Gasteiger charge is 2.35. The van der Waals surface area contributed by atoms with Gasteiger partial charge in [0.25, 0.3) is 10.2 Å². The molecule has 0 aromatic heterocycles. The van der Waals surface area contributed by atoms with Crippen molar-refractivity contribution in [2.75, 3.05) is 26.2 Å². The fourth-order valence-electron chi connectivity index (χ4n) is 3.35. The molecule has 0 spiro atoms. The Hall–Kier alpha value is -0.170. The zero-order valence-electron chi connectivity index (χ0n) is 13.1. The molecule has 2 aliphatic carbocycles. The van der Waals surface area contributed by atoms with Gasteiger partial charge in [-0.25, -0.2) is 4.72 Å². The van der Waals surface area contributed by atoms with Gasteiger partial charge in [0.1, 0.15) is 0 Å². The Kier molecular flexibility index (Phi) is 4.60. The molecule has 1 heterocycles. The van der Waals surface area contributed by atoms with Gasteiger partial charge >= 0.3 is 0 Å². The van der Waals surface area contributed by atoms with Crippen LogP contribution in [-0.4, -0.2) is 44.9 Å².